The van der Waals surface area contributed by atoms with Gasteiger partial charge in [0, 0.05) is 47.5 Å². The van der Waals surface area contributed by atoms with E-state index in [-0.39, 0.29) is 0 Å². The zero-order valence-electron chi connectivity index (χ0n) is 18.8. The molecule has 0 aliphatic rings. The van der Waals surface area contributed by atoms with E-state index in [1.54, 1.807) is 0 Å². The smallest absolute Gasteiger partial charge is 0.204 e. The molecule has 0 amide bonds. The molecule has 0 saturated carbocycles. The Morgan fingerprint density at radius 3 is 2.70 bits per heavy atom. The van der Waals surface area contributed by atoms with E-state index >= 15 is 0 Å². The first-order valence-corrected chi connectivity index (χ1v) is 11.4. The molecule has 0 bridgehead atoms. The van der Waals surface area contributed by atoms with Crippen LogP contribution in [-0.4, -0.2) is 42.8 Å². The number of aromatic nitrogens is 5. The second-order valence-corrected chi connectivity index (χ2v) is 8.69. The van der Waals surface area contributed by atoms with Crippen molar-refractivity contribution in [3.8, 4) is 17.1 Å². The Labute approximate surface area is 198 Å². The largest absolute Gasteiger partial charge is 0.360 e. The average molecular weight is 455 g/mol. The highest BCUT2D eigenvalue weighted by Gasteiger charge is 2.18. The van der Waals surface area contributed by atoms with Crippen LogP contribution in [0.2, 0.25) is 0 Å². The van der Waals surface area contributed by atoms with Gasteiger partial charge >= 0.3 is 0 Å². The fourth-order valence-corrected chi connectivity index (χ4v) is 4.37. The van der Waals surface area contributed by atoms with Crippen LogP contribution >= 0.6 is 12.2 Å². The molecule has 0 radical (unpaired) electrons. The first-order chi connectivity index (χ1) is 16.1. The van der Waals surface area contributed by atoms with Crippen molar-refractivity contribution in [3.63, 3.8) is 0 Å². The molecule has 6 nitrogen and oxygen atoms in total. The average Bonchev–Trinajstić information content (AvgIpc) is 3.39. The zero-order valence-corrected chi connectivity index (χ0v) is 19.6. The molecule has 0 saturated heterocycles. The van der Waals surface area contributed by atoms with Crippen LogP contribution in [0.4, 0.5) is 0 Å². The number of likely N-dealkylation sites (N-methyl/N-ethyl adjacent to an activating group) is 1. The number of nitrogens with one attached hydrogen (secondary N) is 1. The number of rotatable bonds is 7. The van der Waals surface area contributed by atoms with Gasteiger partial charge in [0.05, 0.1) is 12.4 Å². The standard InChI is InChI=1S/C26H26N6S/c1-19-8-7-10-21(16-19)32-25(23-17-28-24-12-4-3-11-22(23)24)29-31(26(32)33)18-30(2)15-13-20-9-5-6-14-27-20/h3-12,14,16-17,28H,13,15,18H2,1-2H3. The van der Waals surface area contributed by atoms with E-state index in [9.17, 15) is 0 Å². The number of hydrogen-bond donors (Lipinski definition) is 1. The molecule has 5 aromatic rings. The van der Waals surface area contributed by atoms with Gasteiger partial charge in [0.2, 0.25) is 4.77 Å². The number of pyridine rings is 1. The third-order valence-corrected chi connectivity index (χ3v) is 6.17. The summed E-state index contributed by atoms with van der Waals surface area (Å²) in [6.07, 6.45) is 4.73. The maximum atomic E-state index is 5.95. The summed E-state index contributed by atoms with van der Waals surface area (Å²) < 4.78 is 4.66. The second kappa shape index (κ2) is 9.13. The predicted molar refractivity (Wildman–Crippen MR) is 135 cm³/mol. The Kier molecular flexibility index (Phi) is 5.90. The molecule has 2 aromatic carbocycles. The van der Waals surface area contributed by atoms with Crippen molar-refractivity contribution in [2.75, 3.05) is 13.6 Å². The van der Waals surface area contributed by atoms with Gasteiger partial charge in [-0.3, -0.25) is 14.5 Å². The van der Waals surface area contributed by atoms with Gasteiger partial charge in [-0.1, -0.05) is 36.4 Å². The van der Waals surface area contributed by atoms with Crippen molar-refractivity contribution in [3.05, 3.63) is 95.2 Å². The molecule has 3 heterocycles. The number of fused-ring (bicyclic) bond motifs is 1. The molecule has 0 spiro atoms. The molecule has 5 rings (SSSR count). The summed E-state index contributed by atoms with van der Waals surface area (Å²) >= 11 is 5.95. The number of H-pyrrole nitrogens is 1. The lowest BCUT2D eigenvalue weighted by Crippen LogP contribution is -2.25. The summed E-state index contributed by atoms with van der Waals surface area (Å²) in [4.78, 5) is 10.0. The summed E-state index contributed by atoms with van der Waals surface area (Å²) in [5, 5.41) is 6.13. The summed E-state index contributed by atoms with van der Waals surface area (Å²) in [5.74, 6) is 0.834. The van der Waals surface area contributed by atoms with Crippen LogP contribution in [0.5, 0.6) is 0 Å². The Balaban J connectivity index is 1.53. The molecule has 0 fully saturated rings. The molecule has 0 aliphatic carbocycles. The zero-order chi connectivity index (χ0) is 22.8. The van der Waals surface area contributed by atoms with Crippen LogP contribution in [0, 0.1) is 11.7 Å². The van der Waals surface area contributed by atoms with Gasteiger partial charge in [0.25, 0.3) is 0 Å². The first kappa shape index (κ1) is 21.3. The van der Waals surface area contributed by atoms with Crippen LogP contribution in [0.3, 0.4) is 0 Å². The maximum Gasteiger partial charge on any atom is 0.204 e. The first-order valence-electron chi connectivity index (χ1n) is 11.0. The number of benzene rings is 2. The van der Waals surface area contributed by atoms with E-state index in [1.165, 1.54) is 5.56 Å². The third-order valence-electron chi connectivity index (χ3n) is 5.78. The Bertz CT molecular complexity index is 1450. The molecule has 7 heteroatoms. The SMILES string of the molecule is Cc1cccc(-n2c(-c3c[nH]c4ccccc34)nn(CN(C)CCc3ccccn3)c2=S)c1. The van der Waals surface area contributed by atoms with Gasteiger partial charge < -0.3 is 4.98 Å². The van der Waals surface area contributed by atoms with Gasteiger partial charge in [-0.15, -0.1) is 5.10 Å². The minimum Gasteiger partial charge on any atom is -0.360 e. The van der Waals surface area contributed by atoms with Crippen LogP contribution in [0.25, 0.3) is 28.0 Å². The van der Waals surface area contributed by atoms with E-state index in [0.717, 1.165) is 46.6 Å². The summed E-state index contributed by atoms with van der Waals surface area (Å²) in [6, 6.07) is 22.7. The van der Waals surface area contributed by atoms with E-state index < -0.39 is 0 Å². The number of hydrogen-bond acceptors (Lipinski definition) is 4. The summed E-state index contributed by atoms with van der Waals surface area (Å²) in [5.41, 5.74) is 5.39. The molecule has 1 N–H and O–H groups in total. The van der Waals surface area contributed by atoms with E-state index in [4.69, 9.17) is 17.3 Å². The van der Waals surface area contributed by atoms with Crippen molar-refractivity contribution >= 4 is 23.1 Å². The van der Waals surface area contributed by atoms with Crippen LogP contribution in [0.1, 0.15) is 11.3 Å². The third kappa shape index (κ3) is 4.37. The lowest BCUT2D eigenvalue weighted by molar-refractivity contribution is 0.254. The summed E-state index contributed by atoms with van der Waals surface area (Å²) in [7, 11) is 2.09. The number of aryl methyl sites for hydroxylation is 1. The number of aromatic amines is 1. The number of para-hydroxylation sites is 1. The van der Waals surface area contributed by atoms with Gasteiger partial charge in [0.1, 0.15) is 0 Å². The lowest BCUT2D eigenvalue weighted by Gasteiger charge is -2.16. The van der Waals surface area contributed by atoms with Crippen molar-refractivity contribution in [1.29, 1.82) is 0 Å². The van der Waals surface area contributed by atoms with E-state index in [1.807, 2.05) is 41.3 Å². The molecular weight excluding hydrogens is 428 g/mol. The van der Waals surface area contributed by atoms with Crippen molar-refractivity contribution in [1.82, 2.24) is 29.2 Å². The van der Waals surface area contributed by atoms with Gasteiger partial charge in [-0.2, -0.15) is 0 Å². The van der Waals surface area contributed by atoms with E-state index in [2.05, 4.69) is 75.9 Å². The molecule has 0 atom stereocenters. The van der Waals surface area contributed by atoms with Gasteiger partial charge in [0.15, 0.2) is 5.82 Å². The molecular formula is C26H26N6S. The van der Waals surface area contributed by atoms with Gasteiger partial charge in [-0.25, -0.2) is 4.68 Å². The van der Waals surface area contributed by atoms with Crippen LogP contribution in [0.15, 0.2) is 79.1 Å². The highest BCUT2D eigenvalue weighted by molar-refractivity contribution is 7.71. The quantitative estimate of drug-likeness (QED) is 0.335. The maximum absolute atomic E-state index is 5.95. The Morgan fingerprint density at radius 2 is 1.88 bits per heavy atom. The van der Waals surface area contributed by atoms with Crippen LogP contribution in [-0.2, 0) is 13.1 Å². The second-order valence-electron chi connectivity index (χ2n) is 8.32. The van der Waals surface area contributed by atoms with Gasteiger partial charge in [-0.05, 0) is 62.1 Å². The lowest BCUT2D eigenvalue weighted by atomic mass is 10.1. The summed E-state index contributed by atoms with van der Waals surface area (Å²) in [6.45, 7) is 3.55. The fourth-order valence-electron chi connectivity index (χ4n) is 4.08. The van der Waals surface area contributed by atoms with Crippen molar-refractivity contribution in [2.24, 2.45) is 0 Å². The molecule has 3 aromatic heterocycles. The molecule has 0 aliphatic heterocycles. The highest BCUT2D eigenvalue weighted by atomic mass is 32.1. The van der Waals surface area contributed by atoms with Crippen LogP contribution < -0.4 is 0 Å². The van der Waals surface area contributed by atoms with Crippen molar-refractivity contribution in [2.45, 2.75) is 20.0 Å². The topological polar surface area (TPSA) is 54.7 Å². The van der Waals surface area contributed by atoms with Crippen molar-refractivity contribution < 1.29 is 0 Å². The fraction of sp³-hybridized carbons (Fsp3) is 0.192. The minimum absolute atomic E-state index is 0.597. The normalized spacial score (nSPS) is 11.5. The Hall–Kier alpha value is -3.55. The Morgan fingerprint density at radius 1 is 1.03 bits per heavy atom. The number of nitrogens with zero attached hydrogens (tertiary/aromatic N) is 5. The molecule has 166 valence electrons. The highest BCUT2D eigenvalue weighted by Crippen LogP contribution is 2.30. The monoisotopic (exact) mass is 454 g/mol. The minimum atomic E-state index is 0.597. The van der Waals surface area contributed by atoms with E-state index in [0.29, 0.717) is 11.4 Å². The molecule has 0 unspecified atom stereocenters. The molecule has 33 heavy (non-hydrogen) atoms. The predicted octanol–water partition coefficient (Wildman–Crippen LogP) is 5.39.